The van der Waals surface area contributed by atoms with E-state index in [1.807, 2.05) is 0 Å². The predicted molar refractivity (Wildman–Crippen MR) is 216 cm³/mol. The molecule has 9 rings (SSSR count). The molecular weight excluding hydrogens is 603 g/mol. The van der Waals surface area contributed by atoms with Gasteiger partial charge in [-0.1, -0.05) is 154 Å². The normalized spacial score (nSPS) is 12.0. The summed E-state index contributed by atoms with van der Waals surface area (Å²) < 4.78 is 2.41. The molecule has 0 bridgehead atoms. The van der Waals surface area contributed by atoms with Gasteiger partial charge in [0.2, 0.25) is 0 Å². The van der Waals surface area contributed by atoms with Gasteiger partial charge in [-0.25, -0.2) is 0 Å². The molecule has 0 aliphatic rings. The first kappa shape index (κ1) is 30.2. The van der Waals surface area contributed by atoms with Gasteiger partial charge in [0.15, 0.2) is 0 Å². The molecule has 0 unspecified atom stereocenters. The minimum atomic E-state index is 0.0381. The van der Waals surface area contributed by atoms with E-state index in [1.54, 1.807) is 0 Å². The third-order valence-corrected chi connectivity index (χ3v) is 10.4. The van der Waals surface area contributed by atoms with Crippen LogP contribution < -0.4 is 0 Å². The van der Waals surface area contributed by atoms with Crippen molar-refractivity contribution in [3.05, 3.63) is 175 Å². The zero-order chi connectivity index (χ0) is 34.0. The second-order valence-corrected chi connectivity index (χ2v) is 14.7. The Labute approximate surface area is 294 Å². The molecule has 0 amide bonds. The van der Waals surface area contributed by atoms with Crippen LogP contribution in [0.5, 0.6) is 0 Å². The molecule has 0 N–H and O–H groups in total. The fourth-order valence-electron chi connectivity index (χ4n) is 7.83. The Bertz CT molecular complexity index is 2700. The maximum Gasteiger partial charge on any atom is 0.0541 e. The summed E-state index contributed by atoms with van der Waals surface area (Å²) in [5.41, 5.74) is 13.8. The van der Waals surface area contributed by atoms with E-state index in [-0.39, 0.29) is 5.41 Å². The SMILES string of the molecule is Cc1ccc(-c2c3ccccc3c(-c3ccc(-n4c5ccccc5c5cc(-c6ccccc6)ccc54)cc3)c3ccc(C(C)(C)C)cc23)cc1. The zero-order valence-electron chi connectivity index (χ0n) is 29.0. The highest BCUT2D eigenvalue weighted by Gasteiger charge is 2.21. The third kappa shape index (κ3) is 4.92. The zero-order valence-corrected chi connectivity index (χ0v) is 29.0. The monoisotopic (exact) mass is 641 g/mol. The second-order valence-electron chi connectivity index (χ2n) is 14.7. The van der Waals surface area contributed by atoms with Crippen LogP contribution in [0.4, 0.5) is 0 Å². The number of rotatable bonds is 4. The van der Waals surface area contributed by atoms with Gasteiger partial charge >= 0.3 is 0 Å². The van der Waals surface area contributed by atoms with Gasteiger partial charge < -0.3 is 4.57 Å². The summed E-state index contributed by atoms with van der Waals surface area (Å²) in [6.07, 6.45) is 0. The van der Waals surface area contributed by atoms with E-state index in [0.717, 1.165) is 5.69 Å². The lowest BCUT2D eigenvalue weighted by Gasteiger charge is -2.23. The van der Waals surface area contributed by atoms with Crippen LogP contribution in [0.2, 0.25) is 0 Å². The average molecular weight is 642 g/mol. The van der Waals surface area contributed by atoms with Crippen LogP contribution in [0.1, 0.15) is 31.9 Å². The number of para-hydroxylation sites is 1. The van der Waals surface area contributed by atoms with Crippen LogP contribution in [0.25, 0.3) is 82.4 Å². The second kappa shape index (κ2) is 11.6. The van der Waals surface area contributed by atoms with Gasteiger partial charge in [0.1, 0.15) is 0 Å². The van der Waals surface area contributed by atoms with Gasteiger partial charge in [0, 0.05) is 16.5 Å². The van der Waals surface area contributed by atoms with Gasteiger partial charge in [-0.05, 0) is 109 Å². The smallest absolute Gasteiger partial charge is 0.0541 e. The molecule has 1 heterocycles. The molecule has 0 fully saturated rings. The van der Waals surface area contributed by atoms with Crippen molar-refractivity contribution in [1.29, 1.82) is 0 Å². The summed E-state index contributed by atoms with van der Waals surface area (Å²) in [5, 5.41) is 7.68. The Morgan fingerprint density at radius 2 is 0.920 bits per heavy atom. The van der Waals surface area contributed by atoms with E-state index in [4.69, 9.17) is 0 Å². The molecule has 0 aliphatic carbocycles. The number of hydrogen-bond acceptors (Lipinski definition) is 0. The summed E-state index contributed by atoms with van der Waals surface area (Å²) in [7, 11) is 0. The molecule has 0 aliphatic heterocycles. The Morgan fingerprint density at radius 1 is 0.380 bits per heavy atom. The molecule has 0 radical (unpaired) electrons. The molecular formula is C49H39N. The molecule has 0 saturated heterocycles. The predicted octanol–water partition coefficient (Wildman–Crippen LogP) is 13.7. The number of benzene rings is 8. The molecule has 0 spiro atoms. The lowest BCUT2D eigenvalue weighted by atomic mass is 9.81. The van der Waals surface area contributed by atoms with Crippen molar-refractivity contribution in [3.63, 3.8) is 0 Å². The van der Waals surface area contributed by atoms with E-state index in [1.165, 1.54) is 87.9 Å². The molecule has 0 saturated carbocycles. The van der Waals surface area contributed by atoms with Crippen molar-refractivity contribution in [2.24, 2.45) is 0 Å². The first-order chi connectivity index (χ1) is 24.3. The maximum absolute atomic E-state index is 2.44. The van der Waals surface area contributed by atoms with Crippen LogP contribution >= 0.6 is 0 Å². The average Bonchev–Trinajstić information content (AvgIpc) is 3.48. The lowest BCUT2D eigenvalue weighted by Crippen LogP contribution is -2.10. The highest BCUT2D eigenvalue weighted by atomic mass is 15.0. The van der Waals surface area contributed by atoms with Crippen LogP contribution in [-0.2, 0) is 5.41 Å². The van der Waals surface area contributed by atoms with E-state index >= 15 is 0 Å². The van der Waals surface area contributed by atoms with Crippen molar-refractivity contribution in [1.82, 2.24) is 4.57 Å². The van der Waals surface area contributed by atoms with Crippen molar-refractivity contribution >= 4 is 43.4 Å². The van der Waals surface area contributed by atoms with Crippen molar-refractivity contribution in [2.75, 3.05) is 0 Å². The van der Waals surface area contributed by atoms with E-state index in [0.29, 0.717) is 0 Å². The van der Waals surface area contributed by atoms with Crippen LogP contribution in [0, 0.1) is 6.92 Å². The molecule has 9 aromatic rings. The molecule has 1 aromatic heterocycles. The maximum atomic E-state index is 2.44. The first-order valence-electron chi connectivity index (χ1n) is 17.6. The van der Waals surface area contributed by atoms with Gasteiger partial charge in [-0.15, -0.1) is 0 Å². The number of fused-ring (bicyclic) bond motifs is 5. The van der Waals surface area contributed by atoms with Crippen LogP contribution in [0.3, 0.4) is 0 Å². The summed E-state index contributed by atoms with van der Waals surface area (Å²) >= 11 is 0. The molecule has 50 heavy (non-hydrogen) atoms. The Balaban J connectivity index is 1.25. The topological polar surface area (TPSA) is 4.93 Å². The van der Waals surface area contributed by atoms with Gasteiger partial charge in [0.05, 0.1) is 11.0 Å². The minimum absolute atomic E-state index is 0.0381. The quantitative estimate of drug-likeness (QED) is 0.169. The summed E-state index contributed by atoms with van der Waals surface area (Å²) in [6.45, 7) is 9.07. The van der Waals surface area contributed by atoms with Crippen LogP contribution in [-0.4, -0.2) is 4.57 Å². The molecule has 1 nitrogen and oxygen atoms in total. The summed E-state index contributed by atoms with van der Waals surface area (Å²) in [6, 6.07) is 60.6. The van der Waals surface area contributed by atoms with E-state index in [9.17, 15) is 0 Å². The highest BCUT2D eigenvalue weighted by molar-refractivity contribution is 6.21. The Hall–Kier alpha value is -5.92. The standard InChI is InChI=1S/C49H39N/c1-32-18-20-34(21-19-32)48-41-16-9-8-15-40(41)47(42-28-25-37(31-44(42)48)49(2,3)4)35-22-26-38(27-23-35)50-45-17-11-10-14-39(45)43-30-36(24-29-46(43)50)33-12-6-5-7-13-33/h5-31H,1-4H3. The number of nitrogens with zero attached hydrogens (tertiary/aromatic N) is 1. The lowest BCUT2D eigenvalue weighted by molar-refractivity contribution is 0.591. The van der Waals surface area contributed by atoms with E-state index in [2.05, 4.69) is 196 Å². The van der Waals surface area contributed by atoms with Crippen molar-refractivity contribution < 1.29 is 0 Å². The fourth-order valence-corrected chi connectivity index (χ4v) is 7.83. The van der Waals surface area contributed by atoms with E-state index < -0.39 is 0 Å². The van der Waals surface area contributed by atoms with Gasteiger partial charge in [-0.2, -0.15) is 0 Å². The van der Waals surface area contributed by atoms with Crippen molar-refractivity contribution in [2.45, 2.75) is 33.1 Å². The molecule has 0 atom stereocenters. The van der Waals surface area contributed by atoms with Gasteiger partial charge in [-0.3, -0.25) is 0 Å². The third-order valence-electron chi connectivity index (χ3n) is 10.4. The summed E-state index contributed by atoms with van der Waals surface area (Å²) in [5.74, 6) is 0. The summed E-state index contributed by atoms with van der Waals surface area (Å²) in [4.78, 5) is 0. The first-order valence-corrected chi connectivity index (χ1v) is 17.6. The Kier molecular flexibility index (Phi) is 7.00. The van der Waals surface area contributed by atoms with Crippen LogP contribution in [0.15, 0.2) is 164 Å². The number of aryl methyl sites for hydroxylation is 1. The fraction of sp³-hybridized carbons (Fsp3) is 0.102. The number of hydrogen-bond donors (Lipinski definition) is 0. The van der Waals surface area contributed by atoms with Crippen molar-refractivity contribution in [3.8, 4) is 39.1 Å². The molecule has 8 aromatic carbocycles. The van der Waals surface area contributed by atoms with Gasteiger partial charge in [0.25, 0.3) is 0 Å². The molecule has 1 heteroatoms. The largest absolute Gasteiger partial charge is 0.309 e. The molecule has 240 valence electrons. The Morgan fingerprint density at radius 3 is 1.60 bits per heavy atom. The highest BCUT2D eigenvalue weighted by Crippen LogP contribution is 2.45. The minimum Gasteiger partial charge on any atom is -0.309 e. The number of aromatic nitrogens is 1.